The summed E-state index contributed by atoms with van der Waals surface area (Å²) < 4.78 is 0. The Morgan fingerprint density at radius 2 is 2.00 bits per heavy atom. The number of hydrogen-bond acceptors (Lipinski definition) is 3. The molecule has 0 spiro atoms. The number of aromatic amines is 1. The minimum absolute atomic E-state index is 0.179. The molecular formula is C15H23N3O3. The van der Waals surface area contributed by atoms with Gasteiger partial charge in [-0.15, -0.1) is 0 Å². The predicted octanol–water partition coefficient (Wildman–Crippen LogP) is 2.04. The van der Waals surface area contributed by atoms with E-state index >= 15 is 0 Å². The number of carbonyl (C=O) groups is 2. The molecule has 3 N–H and O–H groups in total. The van der Waals surface area contributed by atoms with Gasteiger partial charge < -0.3 is 10.4 Å². The number of carboxylic acid groups (broad SMARTS) is 1. The number of carboxylic acids is 1. The second-order valence-electron chi connectivity index (χ2n) is 6.26. The van der Waals surface area contributed by atoms with Crippen molar-refractivity contribution in [1.82, 2.24) is 15.5 Å². The molecule has 0 aromatic carbocycles. The molecule has 0 atom stereocenters. The van der Waals surface area contributed by atoms with Gasteiger partial charge in [0.25, 0.3) is 5.91 Å². The summed E-state index contributed by atoms with van der Waals surface area (Å²) in [5, 5.41) is 19.1. The SMILES string of the molecule is Cc1n[nH]c(C)c1C(=O)NCC1(C(=O)O)CCC(C)CC1. The van der Waals surface area contributed by atoms with Gasteiger partial charge >= 0.3 is 5.97 Å². The summed E-state index contributed by atoms with van der Waals surface area (Å²) in [7, 11) is 0. The Labute approximate surface area is 124 Å². The molecule has 1 aliphatic carbocycles. The lowest BCUT2D eigenvalue weighted by Gasteiger charge is -2.35. The second kappa shape index (κ2) is 5.87. The highest BCUT2D eigenvalue weighted by Crippen LogP contribution is 2.38. The van der Waals surface area contributed by atoms with E-state index in [0.717, 1.165) is 12.8 Å². The topological polar surface area (TPSA) is 95.1 Å². The minimum atomic E-state index is -0.826. The monoisotopic (exact) mass is 293 g/mol. The molecule has 0 bridgehead atoms. The van der Waals surface area contributed by atoms with Crippen LogP contribution in [0.25, 0.3) is 0 Å². The Morgan fingerprint density at radius 1 is 1.38 bits per heavy atom. The number of aromatic nitrogens is 2. The normalized spacial score (nSPS) is 25.6. The third-order valence-electron chi connectivity index (χ3n) is 4.63. The number of rotatable bonds is 4. The number of aryl methyl sites for hydroxylation is 2. The minimum Gasteiger partial charge on any atom is -0.481 e. The predicted molar refractivity (Wildman–Crippen MR) is 78.1 cm³/mol. The number of nitrogens with zero attached hydrogens (tertiary/aromatic N) is 1. The highest BCUT2D eigenvalue weighted by molar-refractivity contribution is 5.96. The van der Waals surface area contributed by atoms with Gasteiger partial charge in [0.1, 0.15) is 0 Å². The second-order valence-corrected chi connectivity index (χ2v) is 6.26. The van der Waals surface area contributed by atoms with E-state index in [1.54, 1.807) is 13.8 Å². The smallest absolute Gasteiger partial charge is 0.311 e. The molecule has 116 valence electrons. The summed E-state index contributed by atoms with van der Waals surface area (Å²) in [6.45, 7) is 5.86. The zero-order chi connectivity index (χ0) is 15.6. The van der Waals surface area contributed by atoms with Crippen LogP contribution in [-0.4, -0.2) is 33.7 Å². The van der Waals surface area contributed by atoms with Gasteiger partial charge in [0.15, 0.2) is 0 Å². The first kappa shape index (κ1) is 15.5. The highest BCUT2D eigenvalue weighted by atomic mass is 16.4. The van der Waals surface area contributed by atoms with Crippen LogP contribution in [-0.2, 0) is 4.79 Å². The molecule has 2 rings (SSSR count). The quantitative estimate of drug-likeness (QED) is 0.791. The van der Waals surface area contributed by atoms with E-state index < -0.39 is 11.4 Å². The first-order valence-corrected chi connectivity index (χ1v) is 7.39. The average molecular weight is 293 g/mol. The molecule has 6 heteroatoms. The Morgan fingerprint density at radius 3 is 2.48 bits per heavy atom. The van der Waals surface area contributed by atoms with Crippen LogP contribution >= 0.6 is 0 Å². The molecule has 0 saturated heterocycles. The van der Waals surface area contributed by atoms with E-state index in [1.165, 1.54) is 0 Å². The van der Waals surface area contributed by atoms with E-state index in [9.17, 15) is 14.7 Å². The van der Waals surface area contributed by atoms with Crippen LogP contribution in [0.4, 0.5) is 0 Å². The van der Waals surface area contributed by atoms with E-state index in [4.69, 9.17) is 0 Å². The Hall–Kier alpha value is -1.85. The van der Waals surface area contributed by atoms with Crippen molar-refractivity contribution >= 4 is 11.9 Å². The van der Waals surface area contributed by atoms with Crippen LogP contribution in [0.15, 0.2) is 0 Å². The van der Waals surface area contributed by atoms with Crippen molar-refractivity contribution in [2.45, 2.75) is 46.5 Å². The van der Waals surface area contributed by atoms with Gasteiger partial charge in [-0.25, -0.2) is 0 Å². The van der Waals surface area contributed by atoms with Crippen molar-refractivity contribution in [2.24, 2.45) is 11.3 Å². The third-order valence-corrected chi connectivity index (χ3v) is 4.63. The van der Waals surface area contributed by atoms with Crippen LogP contribution in [0.1, 0.15) is 54.4 Å². The molecule has 1 amide bonds. The Bertz CT molecular complexity index is 523. The number of H-pyrrole nitrogens is 1. The van der Waals surface area contributed by atoms with Gasteiger partial charge in [-0.05, 0) is 45.4 Å². The van der Waals surface area contributed by atoms with Crippen LogP contribution in [0.5, 0.6) is 0 Å². The van der Waals surface area contributed by atoms with Crippen LogP contribution < -0.4 is 5.32 Å². The number of hydrogen-bond donors (Lipinski definition) is 3. The first-order chi connectivity index (χ1) is 9.85. The maximum absolute atomic E-state index is 12.3. The maximum atomic E-state index is 12.3. The molecule has 0 aliphatic heterocycles. The Balaban J connectivity index is 2.06. The van der Waals surface area contributed by atoms with Crippen LogP contribution in [0, 0.1) is 25.2 Å². The fraction of sp³-hybridized carbons (Fsp3) is 0.667. The molecule has 0 unspecified atom stereocenters. The van der Waals surface area contributed by atoms with Crippen molar-refractivity contribution in [2.75, 3.05) is 6.54 Å². The van der Waals surface area contributed by atoms with Crippen molar-refractivity contribution < 1.29 is 14.7 Å². The van der Waals surface area contributed by atoms with Gasteiger partial charge in [0.05, 0.1) is 16.7 Å². The van der Waals surface area contributed by atoms with E-state index in [-0.39, 0.29) is 12.5 Å². The largest absolute Gasteiger partial charge is 0.481 e. The molecule has 21 heavy (non-hydrogen) atoms. The van der Waals surface area contributed by atoms with Crippen molar-refractivity contribution in [3.8, 4) is 0 Å². The molecule has 1 aromatic rings. The first-order valence-electron chi connectivity index (χ1n) is 7.39. The van der Waals surface area contributed by atoms with Gasteiger partial charge in [0, 0.05) is 12.2 Å². The fourth-order valence-corrected chi connectivity index (χ4v) is 3.00. The standard InChI is InChI=1S/C15H23N3O3/c1-9-4-6-15(7-5-9,14(20)21)8-16-13(19)12-10(2)17-18-11(12)3/h9H,4-8H2,1-3H3,(H,16,19)(H,17,18)(H,20,21). The molecule has 1 aliphatic rings. The van der Waals surface area contributed by atoms with Gasteiger partial charge in [-0.3, -0.25) is 14.7 Å². The third kappa shape index (κ3) is 3.09. The van der Waals surface area contributed by atoms with Crippen LogP contribution in [0.3, 0.4) is 0 Å². The van der Waals surface area contributed by atoms with E-state index in [1.807, 2.05) is 0 Å². The fourth-order valence-electron chi connectivity index (χ4n) is 3.00. The summed E-state index contributed by atoms with van der Waals surface area (Å²) in [6.07, 6.45) is 3.03. The molecular weight excluding hydrogens is 270 g/mol. The summed E-state index contributed by atoms with van der Waals surface area (Å²) in [5.41, 5.74) is 1.02. The molecule has 6 nitrogen and oxygen atoms in total. The number of carbonyl (C=O) groups excluding carboxylic acids is 1. The lowest BCUT2D eigenvalue weighted by molar-refractivity contribution is -0.151. The summed E-state index contributed by atoms with van der Waals surface area (Å²) in [4.78, 5) is 23.9. The molecule has 1 aromatic heterocycles. The molecule has 1 fully saturated rings. The van der Waals surface area contributed by atoms with Crippen LogP contribution in [0.2, 0.25) is 0 Å². The average Bonchev–Trinajstić information content (AvgIpc) is 2.77. The lowest BCUT2D eigenvalue weighted by atomic mass is 9.71. The van der Waals surface area contributed by atoms with Gasteiger partial charge in [-0.2, -0.15) is 5.10 Å². The maximum Gasteiger partial charge on any atom is 0.311 e. The molecule has 1 saturated carbocycles. The zero-order valence-corrected chi connectivity index (χ0v) is 12.8. The number of amides is 1. The van der Waals surface area contributed by atoms with E-state index in [2.05, 4.69) is 22.4 Å². The number of aliphatic carboxylic acids is 1. The molecule has 0 radical (unpaired) electrons. The zero-order valence-electron chi connectivity index (χ0n) is 12.8. The van der Waals surface area contributed by atoms with Gasteiger partial charge in [-0.1, -0.05) is 6.92 Å². The van der Waals surface area contributed by atoms with Crippen molar-refractivity contribution in [1.29, 1.82) is 0 Å². The number of nitrogens with one attached hydrogen (secondary N) is 2. The summed E-state index contributed by atoms with van der Waals surface area (Å²) in [5.74, 6) is -0.500. The summed E-state index contributed by atoms with van der Waals surface area (Å²) >= 11 is 0. The summed E-state index contributed by atoms with van der Waals surface area (Å²) in [6, 6.07) is 0. The molecule has 1 heterocycles. The highest BCUT2D eigenvalue weighted by Gasteiger charge is 2.41. The van der Waals surface area contributed by atoms with Crippen molar-refractivity contribution in [3.63, 3.8) is 0 Å². The lowest BCUT2D eigenvalue weighted by Crippen LogP contribution is -2.45. The van der Waals surface area contributed by atoms with Gasteiger partial charge in [0.2, 0.25) is 0 Å². The van der Waals surface area contributed by atoms with Crippen molar-refractivity contribution in [3.05, 3.63) is 17.0 Å². The Kier molecular flexibility index (Phi) is 4.34. The van der Waals surface area contributed by atoms with E-state index in [0.29, 0.717) is 35.7 Å².